The highest BCUT2D eigenvalue weighted by atomic mass is 19.1. The van der Waals surface area contributed by atoms with E-state index in [-0.39, 0.29) is 29.3 Å². The van der Waals surface area contributed by atoms with Gasteiger partial charge in [0.1, 0.15) is 5.69 Å². The Hall–Kier alpha value is -3.02. The molecular weight excluding hydrogens is 405 g/mol. The number of benzene rings is 1. The summed E-state index contributed by atoms with van der Waals surface area (Å²) < 4.78 is 14.8. The molecule has 1 fully saturated rings. The first kappa shape index (κ1) is 22.2. The van der Waals surface area contributed by atoms with E-state index in [1.165, 1.54) is 6.07 Å². The van der Waals surface area contributed by atoms with E-state index in [4.69, 9.17) is 0 Å². The minimum Gasteiger partial charge on any atom is -0.361 e. The summed E-state index contributed by atoms with van der Waals surface area (Å²) in [6, 6.07) is 9.45. The lowest BCUT2D eigenvalue weighted by molar-refractivity contribution is -0.121. The second-order valence-electron chi connectivity index (χ2n) is 8.97. The number of carbonyl (C=O) groups excluding carboxylic acids is 2. The molecule has 3 atom stereocenters. The summed E-state index contributed by atoms with van der Waals surface area (Å²) >= 11 is 0. The van der Waals surface area contributed by atoms with Crippen molar-refractivity contribution in [2.45, 2.75) is 58.4 Å². The Kier molecular flexibility index (Phi) is 6.68. The third kappa shape index (κ3) is 4.90. The molecule has 2 heterocycles. The van der Waals surface area contributed by atoms with Crippen molar-refractivity contribution in [2.75, 3.05) is 0 Å². The summed E-state index contributed by atoms with van der Waals surface area (Å²) in [5.74, 6) is -0.516. The molecule has 0 saturated heterocycles. The zero-order valence-corrected chi connectivity index (χ0v) is 18.7. The number of amides is 1. The monoisotopic (exact) mass is 435 g/mol. The van der Waals surface area contributed by atoms with Crippen molar-refractivity contribution in [3.05, 3.63) is 54.2 Å². The van der Waals surface area contributed by atoms with Gasteiger partial charge in [-0.25, -0.2) is 9.37 Å². The van der Waals surface area contributed by atoms with Gasteiger partial charge in [-0.05, 0) is 73.2 Å². The Morgan fingerprint density at radius 2 is 2.06 bits per heavy atom. The standard InChI is InChI=1S/C26H30FN3O2/c1-3-24(31)30-21-8-6-17(12-21)5-4-16(2)26(32)25-22(27)14-20(15-29-25)18-7-9-23-19(13-18)10-11-28-23/h7,9-11,13-17,21,28H,3-6,8,12H2,1-2H3,(H,30,31). The van der Waals surface area contributed by atoms with Crippen LogP contribution in [0.25, 0.3) is 22.0 Å². The van der Waals surface area contributed by atoms with E-state index >= 15 is 0 Å². The number of aromatic amines is 1. The van der Waals surface area contributed by atoms with Crippen LogP contribution < -0.4 is 5.32 Å². The van der Waals surface area contributed by atoms with E-state index in [9.17, 15) is 14.0 Å². The fraction of sp³-hybridized carbons (Fsp3) is 0.423. The van der Waals surface area contributed by atoms with E-state index in [2.05, 4.69) is 15.3 Å². The third-order valence-corrected chi connectivity index (χ3v) is 6.64. The Labute approximate surface area is 187 Å². The van der Waals surface area contributed by atoms with Gasteiger partial charge in [-0.1, -0.05) is 19.9 Å². The molecule has 1 amide bonds. The van der Waals surface area contributed by atoms with E-state index in [1.807, 2.05) is 44.3 Å². The van der Waals surface area contributed by atoms with Crippen LogP contribution in [0.4, 0.5) is 4.39 Å². The second-order valence-corrected chi connectivity index (χ2v) is 8.97. The molecule has 4 rings (SSSR count). The predicted octanol–water partition coefficient (Wildman–Crippen LogP) is 5.66. The van der Waals surface area contributed by atoms with Gasteiger partial charge in [-0.2, -0.15) is 0 Å². The number of nitrogens with one attached hydrogen (secondary N) is 2. The molecule has 2 aromatic heterocycles. The molecule has 5 nitrogen and oxygen atoms in total. The fourth-order valence-electron chi connectivity index (χ4n) is 4.66. The molecule has 1 saturated carbocycles. The molecule has 3 unspecified atom stereocenters. The van der Waals surface area contributed by atoms with E-state index < -0.39 is 5.82 Å². The number of fused-ring (bicyclic) bond motifs is 1. The molecule has 0 aliphatic heterocycles. The number of pyridine rings is 1. The predicted molar refractivity (Wildman–Crippen MR) is 124 cm³/mol. The normalized spacial score (nSPS) is 19.2. The van der Waals surface area contributed by atoms with Crippen molar-refractivity contribution in [2.24, 2.45) is 11.8 Å². The summed E-state index contributed by atoms with van der Waals surface area (Å²) in [5.41, 5.74) is 2.45. The van der Waals surface area contributed by atoms with Crippen molar-refractivity contribution in [1.82, 2.24) is 15.3 Å². The van der Waals surface area contributed by atoms with Gasteiger partial charge in [0.15, 0.2) is 11.6 Å². The van der Waals surface area contributed by atoms with Gasteiger partial charge in [-0.3, -0.25) is 9.59 Å². The molecular formula is C26H30FN3O2. The topological polar surface area (TPSA) is 74.8 Å². The van der Waals surface area contributed by atoms with Crippen LogP contribution >= 0.6 is 0 Å². The maximum absolute atomic E-state index is 14.8. The molecule has 3 aromatic rings. The summed E-state index contributed by atoms with van der Waals surface area (Å²) in [6.45, 7) is 3.71. The molecule has 1 aliphatic rings. The van der Waals surface area contributed by atoms with Gasteiger partial charge < -0.3 is 10.3 Å². The Morgan fingerprint density at radius 1 is 1.22 bits per heavy atom. The average Bonchev–Trinajstić information content (AvgIpc) is 3.45. The summed E-state index contributed by atoms with van der Waals surface area (Å²) in [7, 11) is 0. The number of halogens is 1. The minimum absolute atomic E-state index is 0.0801. The highest BCUT2D eigenvalue weighted by molar-refractivity contribution is 5.96. The zero-order chi connectivity index (χ0) is 22.7. The lowest BCUT2D eigenvalue weighted by Gasteiger charge is -2.15. The van der Waals surface area contributed by atoms with Crippen molar-refractivity contribution in [3.63, 3.8) is 0 Å². The first-order valence-electron chi connectivity index (χ1n) is 11.5. The van der Waals surface area contributed by atoms with Crippen LogP contribution in [0.3, 0.4) is 0 Å². The highest BCUT2D eigenvalue weighted by Crippen LogP contribution is 2.31. The van der Waals surface area contributed by atoms with Crippen molar-refractivity contribution >= 4 is 22.6 Å². The van der Waals surface area contributed by atoms with Crippen molar-refractivity contribution in [1.29, 1.82) is 0 Å². The number of rotatable bonds is 8. The van der Waals surface area contributed by atoms with Crippen LogP contribution in [0.1, 0.15) is 62.9 Å². The Balaban J connectivity index is 1.36. The molecule has 0 bridgehead atoms. The van der Waals surface area contributed by atoms with Gasteiger partial charge in [0.05, 0.1) is 0 Å². The molecule has 1 aliphatic carbocycles. The van der Waals surface area contributed by atoms with Crippen LogP contribution in [0.15, 0.2) is 42.7 Å². The zero-order valence-electron chi connectivity index (χ0n) is 18.7. The Morgan fingerprint density at radius 3 is 2.84 bits per heavy atom. The molecule has 1 aromatic carbocycles. The second kappa shape index (κ2) is 9.63. The van der Waals surface area contributed by atoms with E-state index in [0.717, 1.165) is 42.1 Å². The van der Waals surface area contributed by atoms with Gasteiger partial charge in [0.2, 0.25) is 5.91 Å². The summed E-state index contributed by atoms with van der Waals surface area (Å²) in [6.07, 6.45) is 8.56. The first-order chi connectivity index (χ1) is 15.4. The number of ketones is 1. The van der Waals surface area contributed by atoms with Crippen LogP contribution in [0.5, 0.6) is 0 Å². The van der Waals surface area contributed by atoms with Crippen LogP contribution in [0.2, 0.25) is 0 Å². The van der Waals surface area contributed by atoms with Crippen molar-refractivity contribution in [3.8, 4) is 11.1 Å². The largest absolute Gasteiger partial charge is 0.361 e. The highest BCUT2D eigenvalue weighted by Gasteiger charge is 2.27. The first-order valence-corrected chi connectivity index (χ1v) is 11.5. The number of carbonyl (C=O) groups is 2. The number of Topliss-reactive ketones (excluding diaryl/α,β-unsaturated/α-hetero) is 1. The average molecular weight is 436 g/mol. The number of hydrogen-bond acceptors (Lipinski definition) is 3. The fourth-order valence-corrected chi connectivity index (χ4v) is 4.66. The van der Waals surface area contributed by atoms with Gasteiger partial charge in [0, 0.05) is 41.9 Å². The molecule has 0 radical (unpaired) electrons. The van der Waals surface area contributed by atoms with E-state index in [0.29, 0.717) is 24.3 Å². The number of H-pyrrole nitrogens is 1. The smallest absolute Gasteiger partial charge is 0.219 e. The third-order valence-electron chi connectivity index (χ3n) is 6.64. The van der Waals surface area contributed by atoms with Gasteiger partial charge in [0.25, 0.3) is 0 Å². The molecule has 0 spiro atoms. The van der Waals surface area contributed by atoms with E-state index in [1.54, 1.807) is 6.20 Å². The maximum Gasteiger partial charge on any atom is 0.219 e. The maximum atomic E-state index is 14.8. The van der Waals surface area contributed by atoms with Crippen LogP contribution in [0, 0.1) is 17.7 Å². The Bertz CT molecular complexity index is 1120. The lowest BCUT2D eigenvalue weighted by atomic mass is 9.91. The number of hydrogen-bond donors (Lipinski definition) is 2. The van der Waals surface area contributed by atoms with Gasteiger partial charge >= 0.3 is 0 Å². The summed E-state index contributed by atoms with van der Waals surface area (Å²) in [4.78, 5) is 31.8. The number of nitrogens with zero attached hydrogens (tertiary/aromatic N) is 1. The molecule has 168 valence electrons. The van der Waals surface area contributed by atoms with Gasteiger partial charge in [-0.15, -0.1) is 0 Å². The minimum atomic E-state index is -0.572. The SMILES string of the molecule is CCC(=O)NC1CCC(CCC(C)C(=O)c2ncc(-c3ccc4[nH]ccc4c3)cc2F)C1. The molecule has 6 heteroatoms. The molecule has 32 heavy (non-hydrogen) atoms. The quantitative estimate of drug-likeness (QED) is 0.448. The number of aromatic nitrogens is 2. The lowest BCUT2D eigenvalue weighted by Crippen LogP contribution is -2.32. The molecule has 2 N–H and O–H groups in total. The van der Waals surface area contributed by atoms with Crippen LogP contribution in [-0.4, -0.2) is 27.7 Å². The van der Waals surface area contributed by atoms with Crippen LogP contribution in [-0.2, 0) is 4.79 Å². The van der Waals surface area contributed by atoms with Crippen molar-refractivity contribution < 1.29 is 14.0 Å². The summed E-state index contributed by atoms with van der Waals surface area (Å²) in [5, 5.41) is 4.10.